The summed E-state index contributed by atoms with van der Waals surface area (Å²) in [6.45, 7) is 1.23. The Bertz CT molecular complexity index is 1430. The number of halogens is 2. The summed E-state index contributed by atoms with van der Waals surface area (Å²) in [5.74, 6) is -1.40. The molecule has 1 fully saturated rings. The molecule has 0 spiro atoms. The van der Waals surface area contributed by atoms with Gasteiger partial charge < -0.3 is 10.2 Å². The molecule has 1 unspecified atom stereocenters. The SMILES string of the molecule is CCC(C(=O)NC1CCCCC1)N(Cc1ccccc1Cl)C(=O)CN(c1ccc(F)cc1)S(=O)(=O)c1ccccc1. The summed E-state index contributed by atoms with van der Waals surface area (Å²) < 4.78 is 42.3. The van der Waals surface area contributed by atoms with Crippen molar-refractivity contribution >= 4 is 39.1 Å². The van der Waals surface area contributed by atoms with E-state index in [1.54, 1.807) is 42.5 Å². The molecule has 1 aliphatic rings. The van der Waals surface area contributed by atoms with Gasteiger partial charge in [0.05, 0.1) is 10.6 Å². The number of nitrogens with zero attached hydrogens (tertiary/aromatic N) is 2. The van der Waals surface area contributed by atoms with Gasteiger partial charge in [-0.25, -0.2) is 12.8 Å². The molecule has 7 nitrogen and oxygen atoms in total. The Labute approximate surface area is 246 Å². The maximum absolute atomic E-state index is 14.1. The van der Waals surface area contributed by atoms with Gasteiger partial charge in [0, 0.05) is 17.6 Å². The summed E-state index contributed by atoms with van der Waals surface area (Å²) in [4.78, 5) is 29.1. The second-order valence-corrected chi connectivity index (χ2v) is 12.5. The minimum atomic E-state index is -4.22. The number of carbonyl (C=O) groups is 2. The summed E-state index contributed by atoms with van der Waals surface area (Å²) >= 11 is 6.44. The highest BCUT2D eigenvalue weighted by atomic mass is 35.5. The van der Waals surface area contributed by atoms with Gasteiger partial charge in [0.25, 0.3) is 10.0 Å². The lowest BCUT2D eigenvalue weighted by Crippen LogP contribution is -2.54. The molecule has 1 aliphatic carbocycles. The first-order valence-electron chi connectivity index (χ1n) is 13.9. The lowest BCUT2D eigenvalue weighted by atomic mass is 9.95. The van der Waals surface area contributed by atoms with Gasteiger partial charge in [0.1, 0.15) is 18.4 Å². The average molecular weight is 600 g/mol. The Morgan fingerprint density at radius 1 is 0.951 bits per heavy atom. The standard InChI is InChI=1S/C31H35ClFN3O4S/c1-2-29(31(38)34-25-12-5-3-6-13-25)35(21-23-11-9-10-16-28(23)32)30(37)22-36(26-19-17-24(33)18-20-26)41(39,40)27-14-7-4-8-15-27/h4,7-11,14-20,25,29H,2-3,5-6,12-13,21-22H2,1H3,(H,34,38). The molecule has 0 radical (unpaired) electrons. The van der Waals surface area contributed by atoms with Crippen LogP contribution in [0.1, 0.15) is 51.0 Å². The predicted octanol–water partition coefficient (Wildman–Crippen LogP) is 5.93. The number of carbonyl (C=O) groups excluding carboxylic acids is 2. The minimum absolute atomic E-state index is 0.0116. The van der Waals surface area contributed by atoms with Gasteiger partial charge in [0.2, 0.25) is 11.8 Å². The van der Waals surface area contributed by atoms with E-state index in [0.29, 0.717) is 17.0 Å². The molecule has 1 atom stereocenters. The van der Waals surface area contributed by atoms with E-state index >= 15 is 0 Å². The van der Waals surface area contributed by atoms with Crippen molar-refractivity contribution in [1.82, 2.24) is 10.2 Å². The van der Waals surface area contributed by atoms with Crippen molar-refractivity contribution in [2.24, 2.45) is 0 Å². The fourth-order valence-corrected chi connectivity index (χ4v) is 6.76. The Morgan fingerprint density at radius 3 is 2.22 bits per heavy atom. The Kier molecular flexibility index (Phi) is 10.4. The number of nitrogens with one attached hydrogen (secondary N) is 1. The van der Waals surface area contributed by atoms with Crippen LogP contribution >= 0.6 is 11.6 Å². The fourth-order valence-electron chi connectivity index (χ4n) is 5.13. The molecule has 0 aromatic heterocycles. The molecule has 1 saturated carbocycles. The van der Waals surface area contributed by atoms with E-state index in [-0.39, 0.29) is 29.1 Å². The minimum Gasteiger partial charge on any atom is -0.352 e. The van der Waals surface area contributed by atoms with E-state index < -0.39 is 34.3 Å². The number of sulfonamides is 1. The van der Waals surface area contributed by atoms with Crippen LogP contribution in [0.15, 0.2) is 83.8 Å². The van der Waals surface area contributed by atoms with E-state index in [4.69, 9.17) is 11.6 Å². The van der Waals surface area contributed by atoms with E-state index in [9.17, 15) is 22.4 Å². The Morgan fingerprint density at radius 2 is 1.59 bits per heavy atom. The van der Waals surface area contributed by atoms with Crippen molar-refractivity contribution < 1.29 is 22.4 Å². The predicted molar refractivity (Wildman–Crippen MR) is 158 cm³/mol. The van der Waals surface area contributed by atoms with E-state index in [2.05, 4.69) is 5.32 Å². The fraction of sp³-hybridized carbons (Fsp3) is 0.355. The number of benzene rings is 3. The molecule has 10 heteroatoms. The van der Waals surface area contributed by atoms with E-state index in [0.717, 1.165) is 48.5 Å². The highest BCUT2D eigenvalue weighted by molar-refractivity contribution is 7.92. The summed E-state index contributed by atoms with van der Waals surface area (Å²) in [5, 5.41) is 3.54. The first-order chi connectivity index (χ1) is 19.7. The summed E-state index contributed by atoms with van der Waals surface area (Å²) in [7, 11) is -4.22. The number of hydrogen-bond donors (Lipinski definition) is 1. The second-order valence-electron chi connectivity index (χ2n) is 10.2. The highest BCUT2D eigenvalue weighted by Crippen LogP contribution is 2.26. The van der Waals surface area contributed by atoms with Crippen LogP contribution in [0.4, 0.5) is 10.1 Å². The van der Waals surface area contributed by atoms with Crippen molar-refractivity contribution in [3.05, 3.63) is 95.3 Å². The van der Waals surface area contributed by atoms with Crippen LogP contribution in [0, 0.1) is 5.82 Å². The maximum atomic E-state index is 14.1. The topological polar surface area (TPSA) is 86.8 Å². The Hall–Kier alpha value is -3.43. The molecule has 1 N–H and O–H groups in total. The van der Waals surface area contributed by atoms with Crippen LogP contribution in [0.2, 0.25) is 5.02 Å². The molecule has 0 heterocycles. The van der Waals surface area contributed by atoms with Crippen LogP contribution in [0.5, 0.6) is 0 Å². The zero-order valence-corrected chi connectivity index (χ0v) is 24.6. The van der Waals surface area contributed by atoms with Crippen molar-refractivity contribution in [3.63, 3.8) is 0 Å². The first-order valence-corrected chi connectivity index (χ1v) is 15.7. The van der Waals surface area contributed by atoms with Crippen molar-refractivity contribution in [3.8, 4) is 0 Å². The molecule has 3 aromatic carbocycles. The third kappa shape index (κ3) is 7.65. The molecule has 0 bridgehead atoms. The lowest BCUT2D eigenvalue weighted by molar-refractivity contribution is -0.140. The van der Waals surface area contributed by atoms with Gasteiger partial charge in [-0.1, -0.05) is 74.2 Å². The van der Waals surface area contributed by atoms with Crippen molar-refractivity contribution in [2.45, 2.75) is 69.0 Å². The zero-order chi connectivity index (χ0) is 29.4. The molecule has 0 saturated heterocycles. The van der Waals surface area contributed by atoms with Crippen molar-refractivity contribution in [2.75, 3.05) is 10.8 Å². The molecule has 4 rings (SSSR count). The zero-order valence-electron chi connectivity index (χ0n) is 23.0. The van der Waals surface area contributed by atoms with Gasteiger partial charge in [-0.15, -0.1) is 0 Å². The monoisotopic (exact) mass is 599 g/mol. The van der Waals surface area contributed by atoms with Crippen LogP contribution in [0.3, 0.4) is 0 Å². The van der Waals surface area contributed by atoms with E-state index in [1.165, 1.54) is 29.2 Å². The maximum Gasteiger partial charge on any atom is 0.264 e. The number of anilines is 1. The Balaban J connectivity index is 1.70. The van der Waals surface area contributed by atoms with Gasteiger partial charge in [-0.2, -0.15) is 0 Å². The average Bonchev–Trinajstić information content (AvgIpc) is 2.98. The summed E-state index contributed by atoms with van der Waals surface area (Å²) in [6.07, 6.45) is 5.29. The van der Waals surface area contributed by atoms with Crippen LogP contribution in [0.25, 0.3) is 0 Å². The molecule has 41 heavy (non-hydrogen) atoms. The quantitative estimate of drug-likeness (QED) is 0.296. The third-order valence-corrected chi connectivity index (χ3v) is 9.52. The first kappa shape index (κ1) is 30.5. The molecule has 2 amide bonds. The smallest absolute Gasteiger partial charge is 0.264 e. The highest BCUT2D eigenvalue weighted by Gasteiger charge is 2.34. The number of hydrogen-bond acceptors (Lipinski definition) is 4. The molecule has 218 valence electrons. The lowest BCUT2D eigenvalue weighted by Gasteiger charge is -2.34. The van der Waals surface area contributed by atoms with Crippen molar-refractivity contribution in [1.29, 1.82) is 0 Å². The van der Waals surface area contributed by atoms with E-state index in [1.807, 2.05) is 6.92 Å². The van der Waals surface area contributed by atoms with Crippen LogP contribution in [-0.4, -0.2) is 43.8 Å². The third-order valence-electron chi connectivity index (χ3n) is 7.36. The molecule has 0 aliphatic heterocycles. The summed E-state index contributed by atoms with van der Waals surface area (Å²) in [6, 6.07) is 18.9. The van der Waals surface area contributed by atoms with Crippen LogP contribution < -0.4 is 9.62 Å². The van der Waals surface area contributed by atoms with Crippen LogP contribution in [-0.2, 0) is 26.2 Å². The normalized spacial score (nSPS) is 14.7. The van der Waals surface area contributed by atoms with Gasteiger partial charge in [-0.3, -0.25) is 13.9 Å². The van der Waals surface area contributed by atoms with Gasteiger partial charge >= 0.3 is 0 Å². The molecular formula is C31H35ClFN3O4S. The largest absolute Gasteiger partial charge is 0.352 e. The number of amides is 2. The number of rotatable bonds is 11. The van der Waals surface area contributed by atoms with Gasteiger partial charge in [-0.05, 0) is 67.3 Å². The summed E-state index contributed by atoms with van der Waals surface area (Å²) in [5.41, 5.74) is 0.756. The molecular weight excluding hydrogens is 565 g/mol. The second kappa shape index (κ2) is 14.0. The van der Waals surface area contributed by atoms with Gasteiger partial charge in [0.15, 0.2) is 0 Å². The molecule has 3 aromatic rings.